The molecular weight excluding hydrogens is 893 g/mol. The number of hydrogen-bond donors (Lipinski definition) is 0. The van der Waals surface area contributed by atoms with Crippen LogP contribution in [-0.4, -0.2) is 0 Å². The third kappa shape index (κ3) is 9.15. The first kappa shape index (κ1) is 45.9. The van der Waals surface area contributed by atoms with E-state index in [0.29, 0.717) is 0 Å². The summed E-state index contributed by atoms with van der Waals surface area (Å²) in [4.78, 5) is 4.70. The van der Waals surface area contributed by atoms with Crippen LogP contribution in [0.3, 0.4) is 0 Å². The van der Waals surface area contributed by atoms with Crippen LogP contribution in [-0.2, 0) is 0 Å². The largest absolute Gasteiger partial charge is 0.311 e. The minimum Gasteiger partial charge on any atom is -0.311 e. The van der Waals surface area contributed by atoms with Gasteiger partial charge in [0.05, 0.1) is 0 Å². The van der Waals surface area contributed by atoms with Crippen molar-refractivity contribution in [3.63, 3.8) is 0 Å². The van der Waals surface area contributed by atoms with E-state index < -0.39 is 0 Å². The summed E-state index contributed by atoms with van der Waals surface area (Å²) in [6.07, 6.45) is 0. The second kappa shape index (κ2) is 19.8. The standard InChI is InChI=1S/C72H56N2/c1-49-15-31-62(32-16-49)73(64-35-22-55(23-36-64)53-11-7-5-8-12-53)66-39-26-57(27-40-66)59-20-21-61-46-52(4)47-71(70(61)48-59)72-68(44-30-60-45-51(3)19-43-69(60)72)58-28-41-67(42-29-58)74(63-33-17-50(2)18-34-63)65-37-24-56(25-38-65)54-13-9-6-10-14-54/h5-48H,1-4H3. The molecule has 0 N–H and O–H groups in total. The van der Waals surface area contributed by atoms with Crippen LogP contribution in [0.4, 0.5) is 34.1 Å². The summed E-state index contributed by atoms with van der Waals surface area (Å²) >= 11 is 0. The van der Waals surface area contributed by atoms with Crippen LogP contribution in [0, 0.1) is 27.7 Å². The lowest BCUT2D eigenvalue weighted by Gasteiger charge is -2.26. The van der Waals surface area contributed by atoms with E-state index in [0.717, 1.165) is 34.1 Å². The lowest BCUT2D eigenvalue weighted by molar-refractivity contribution is 1.27. The second-order valence-electron chi connectivity index (χ2n) is 19.7. The van der Waals surface area contributed by atoms with Gasteiger partial charge in [0.15, 0.2) is 0 Å². The summed E-state index contributed by atoms with van der Waals surface area (Å²) in [5.41, 5.74) is 23.6. The van der Waals surface area contributed by atoms with Crippen LogP contribution in [0.5, 0.6) is 0 Å². The van der Waals surface area contributed by atoms with Gasteiger partial charge in [-0.1, -0.05) is 205 Å². The van der Waals surface area contributed by atoms with Crippen molar-refractivity contribution >= 4 is 55.7 Å². The van der Waals surface area contributed by atoms with E-state index >= 15 is 0 Å². The quantitative estimate of drug-likeness (QED) is 0.127. The zero-order valence-corrected chi connectivity index (χ0v) is 42.3. The molecular formula is C72H56N2. The van der Waals surface area contributed by atoms with Crippen molar-refractivity contribution in [3.05, 3.63) is 289 Å². The predicted octanol–water partition coefficient (Wildman–Crippen LogP) is 20.5. The number of anilines is 6. The summed E-state index contributed by atoms with van der Waals surface area (Å²) in [7, 11) is 0. The summed E-state index contributed by atoms with van der Waals surface area (Å²) in [6, 6.07) is 98.0. The lowest BCUT2D eigenvalue weighted by Crippen LogP contribution is -2.09. The number of rotatable bonds is 11. The minimum absolute atomic E-state index is 1.10. The van der Waals surface area contributed by atoms with Gasteiger partial charge in [0, 0.05) is 34.1 Å². The minimum atomic E-state index is 1.10. The summed E-state index contributed by atoms with van der Waals surface area (Å²) in [6.45, 7) is 8.69. The molecule has 0 amide bonds. The normalized spacial score (nSPS) is 11.2. The van der Waals surface area contributed by atoms with E-state index in [1.807, 2.05) is 0 Å². The van der Waals surface area contributed by atoms with Crippen molar-refractivity contribution in [2.75, 3.05) is 9.80 Å². The highest BCUT2D eigenvalue weighted by Gasteiger charge is 2.19. The SMILES string of the molecule is Cc1ccc(N(c2ccc(-c3ccccc3)cc2)c2ccc(-c3ccc4cc(C)cc(-c5c(-c6ccc(N(c7ccc(C)cc7)c7ccc(-c8ccccc8)cc7)cc6)ccc6cc(C)ccc56)c4c3)cc2)cc1. The van der Waals surface area contributed by atoms with Crippen molar-refractivity contribution in [3.8, 4) is 55.6 Å². The second-order valence-corrected chi connectivity index (χ2v) is 19.7. The van der Waals surface area contributed by atoms with Gasteiger partial charge in [0.1, 0.15) is 0 Å². The summed E-state index contributed by atoms with van der Waals surface area (Å²) < 4.78 is 0. The molecule has 0 spiro atoms. The first-order valence-corrected chi connectivity index (χ1v) is 25.6. The van der Waals surface area contributed by atoms with E-state index in [2.05, 4.69) is 304 Å². The molecule has 12 rings (SSSR count). The number of fused-ring (bicyclic) bond motifs is 2. The Morgan fingerprint density at radius 1 is 0.216 bits per heavy atom. The Kier molecular flexibility index (Phi) is 12.2. The number of hydrogen-bond acceptors (Lipinski definition) is 2. The van der Waals surface area contributed by atoms with Gasteiger partial charge >= 0.3 is 0 Å². The van der Waals surface area contributed by atoms with Gasteiger partial charge in [-0.25, -0.2) is 0 Å². The van der Waals surface area contributed by atoms with Crippen LogP contribution >= 0.6 is 0 Å². The van der Waals surface area contributed by atoms with Crippen LogP contribution in [0.25, 0.3) is 77.2 Å². The maximum Gasteiger partial charge on any atom is 0.0462 e. The molecule has 0 aromatic heterocycles. The average molecular weight is 949 g/mol. The molecule has 12 aromatic carbocycles. The molecule has 0 heterocycles. The van der Waals surface area contributed by atoms with E-state index in [-0.39, 0.29) is 0 Å². The lowest BCUT2D eigenvalue weighted by atomic mass is 9.85. The molecule has 354 valence electrons. The van der Waals surface area contributed by atoms with Crippen LogP contribution in [0.15, 0.2) is 267 Å². The molecule has 0 saturated carbocycles. The fourth-order valence-corrected chi connectivity index (χ4v) is 10.6. The van der Waals surface area contributed by atoms with Gasteiger partial charge in [-0.05, 0) is 189 Å². The maximum absolute atomic E-state index is 2.40. The Bertz CT molecular complexity index is 3920. The fourth-order valence-electron chi connectivity index (χ4n) is 10.6. The van der Waals surface area contributed by atoms with Gasteiger partial charge in [0.25, 0.3) is 0 Å². The molecule has 0 atom stereocenters. The van der Waals surface area contributed by atoms with Crippen molar-refractivity contribution < 1.29 is 0 Å². The highest BCUT2D eigenvalue weighted by Crippen LogP contribution is 2.45. The zero-order chi connectivity index (χ0) is 50.1. The first-order valence-electron chi connectivity index (χ1n) is 25.6. The number of benzene rings is 12. The molecule has 0 radical (unpaired) electrons. The van der Waals surface area contributed by atoms with Gasteiger partial charge in [0.2, 0.25) is 0 Å². The first-order chi connectivity index (χ1) is 36.3. The Balaban J connectivity index is 0.930. The molecule has 0 saturated heterocycles. The monoisotopic (exact) mass is 948 g/mol. The van der Waals surface area contributed by atoms with Crippen LogP contribution in [0.1, 0.15) is 22.3 Å². The maximum atomic E-state index is 2.40. The Morgan fingerprint density at radius 2 is 0.568 bits per heavy atom. The van der Waals surface area contributed by atoms with Crippen LogP contribution in [0.2, 0.25) is 0 Å². The molecule has 0 aliphatic heterocycles. The molecule has 2 heteroatoms. The molecule has 74 heavy (non-hydrogen) atoms. The van der Waals surface area contributed by atoms with Gasteiger partial charge in [-0.15, -0.1) is 0 Å². The molecule has 0 unspecified atom stereocenters. The molecule has 0 bridgehead atoms. The van der Waals surface area contributed by atoms with Gasteiger partial charge in [-0.3, -0.25) is 0 Å². The smallest absolute Gasteiger partial charge is 0.0462 e. The molecule has 12 aromatic rings. The zero-order valence-electron chi connectivity index (χ0n) is 42.3. The van der Waals surface area contributed by atoms with E-state index in [1.54, 1.807) is 0 Å². The highest BCUT2D eigenvalue weighted by atomic mass is 15.1. The Hall–Kier alpha value is -9.24. The third-order valence-corrected chi connectivity index (χ3v) is 14.5. The molecule has 0 fully saturated rings. The van der Waals surface area contributed by atoms with Gasteiger partial charge < -0.3 is 9.80 Å². The third-order valence-electron chi connectivity index (χ3n) is 14.5. The van der Waals surface area contributed by atoms with E-state index in [4.69, 9.17) is 0 Å². The van der Waals surface area contributed by atoms with Crippen molar-refractivity contribution in [2.24, 2.45) is 0 Å². The topological polar surface area (TPSA) is 6.48 Å². The Morgan fingerprint density at radius 3 is 1.04 bits per heavy atom. The summed E-state index contributed by atoms with van der Waals surface area (Å²) in [5.74, 6) is 0. The van der Waals surface area contributed by atoms with Crippen LogP contribution < -0.4 is 9.80 Å². The molecule has 2 nitrogen and oxygen atoms in total. The number of nitrogens with zero attached hydrogens (tertiary/aromatic N) is 2. The van der Waals surface area contributed by atoms with Crippen molar-refractivity contribution in [1.82, 2.24) is 0 Å². The predicted molar refractivity (Wildman–Crippen MR) is 317 cm³/mol. The summed E-state index contributed by atoms with van der Waals surface area (Å²) in [5, 5.41) is 4.93. The average Bonchev–Trinajstić information content (AvgIpc) is 3.45. The van der Waals surface area contributed by atoms with E-state index in [9.17, 15) is 0 Å². The van der Waals surface area contributed by atoms with E-state index in [1.165, 1.54) is 99.4 Å². The Labute approximate surface area is 435 Å². The van der Waals surface area contributed by atoms with Crippen molar-refractivity contribution in [2.45, 2.75) is 27.7 Å². The van der Waals surface area contributed by atoms with Crippen molar-refractivity contribution in [1.29, 1.82) is 0 Å². The fraction of sp³-hybridized carbons (Fsp3) is 0.0556. The number of aryl methyl sites for hydroxylation is 4. The van der Waals surface area contributed by atoms with Gasteiger partial charge in [-0.2, -0.15) is 0 Å². The molecule has 0 aliphatic rings. The highest BCUT2D eigenvalue weighted by molar-refractivity contribution is 6.11. The molecule has 0 aliphatic carbocycles.